The molecule has 2 heterocycles. The maximum atomic E-state index is 14.1. The number of hydrogen-bond acceptors (Lipinski definition) is 5. The highest BCUT2D eigenvalue weighted by molar-refractivity contribution is 9.10. The van der Waals surface area contributed by atoms with E-state index in [9.17, 15) is 9.18 Å². The van der Waals surface area contributed by atoms with Gasteiger partial charge in [0.2, 0.25) is 5.91 Å². The number of benzene rings is 2. The Morgan fingerprint density at radius 1 is 1.19 bits per heavy atom. The number of ether oxygens (including phenoxy) is 1. The minimum Gasteiger partial charge on any atom is -0.496 e. The van der Waals surface area contributed by atoms with Crippen LogP contribution in [0.3, 0.4) is 0 Å². The average Bonchev–Trinajstić information content (AvgIpc) is 2.81. The third-order valence-electron chi connectivity index (χ3n) is 5.34. The van der Waals surface area contributed by atoms with E-state index in [-0.39, 0.29) is 17.5 Å². The number of nitrogens with zero attached hydrogens (tertiary/aromatic N) is 3. The molecule has 1 aliphatic rings. The largest absolute Gasteiger partial charge is 0.496 e. The number of carbonyl (C=O) groups is 1. The molecule has 6 nitrogen and oxygen atoms in total. The molecule has 0 radical (unpaired) electrons. The van der Waals surface area contributed by atoms with Crippen molar-refractivity contribution < 1.29 is 13.9 Å². The first-order valence-corrected chi connectivity index (χ1v) is 10.8. The normalized spacial score (nSPS) is 16.1. The Morgan fingerprint density at radius 2 is 2.03 bits per heavy atom. The fraction of sp³-hybridized carbons (Fsp3) is 0.261. The molecule has 1 unspecified atom stereocenters. The number of nitrogens with one attached hydrogen (secondary N) is 1. The van der Waals surface area contributed by atoms with Gasteiger partial charge in [0.25, 0.3) is 0 Å². The van der Waals surface area contributed by atoms with E-state index < -0.39 is 5.82 Å². The maximum Gasteiger partial charge on any atom is 0.229 e. The zero-order valence-corrected chi connectivity index (χ0v) is 18.6. The van der Waals surface area contributed by atoms with Crippen LogP contribution < -0.4 is 15.0 Å². The van der Waals surface area contributed by atoms with Crippen LogP contribution in [0.25, 0.3) is 11.3 Å². The number of piperidine rings is 1. The molecule has 8 heteroatoms. The number of anilines is 2. The molecule has 1 amide bonds. The summed E-state index contributed by atoms with van der Waals surface area (Å²) in [6.07, 6.45) is 1.59. The van der Waals surface area contributed by atoms with Crippen molar-refractivity contribution in [2.75, 3.05) is 30.4 Å². The number of para-hydroxylation sites is 1. The lowest BCUT2D eigenvalue weighted by Crippen LogP contribution is -2.41. The van der Waals surface area contributed by atoms with Crippen molar-refractivity contribution in [3.05, 3.63) is 64.9 Å². The van der Waals surface area contributed by atoms with Crippen LogP contribution >= 0.6 is 15.9 Å². The molecule has 2 aromatic carbocycles. The second-order valence-corrected chi connectivity index (χ2v) is 8.29. The first kappa shape index (κ1) is 21.2. The van der Waals surface area contributed by atoms with Gasteiger partial charge in [-0.05, 0) is 55.3 Å². The predicted octanol–water partition coefficient (Wildman–Crippen LogP) is 4.91. The lowest BCUT2D eigenvalue weighted by Gasteiger charge is -2.32. The van der Waals surface area contributed by atoms with Crippen molar-refractivity contribution in [3.63, 3.8) is 0 Å². The summed E-state index contributed by atoms with van der Waals surface area (Å²) in [4.78, 5) is 14.8. The first-order valence-electron chi connectivity index (χ1n) is 10.0. The van der Waals surface area contributed by atoms with Crippen LogP contribution in [0.15, 0.2) is 59.1 Å². The number of hydrogen-bond donors (Lipinski definition) is 1. The van der Waals surface area contributed by atoms with Crippen LogP contribution in [0, 0.1) is 11.7 Å². The summed E-state index contributed by atoms with van der Waals surface area (Å²) in [5.41, 5.74) is 1.78. The second-order valence-electron chi connectivity index (χ2n) is 7.38. The van der Waals surface area contributed by atoms with E-state index in [1.54, 1.807) is 19.2 Å². The van der Waals surface area contributed by atoms with Crippen LogP contribution in [0.5, 0.6) is 5.75 Å². The van der Waals surface area contributed by atoms with Gasteiger partial charge >= 0.3 is 0 Å². The van der Waals surface area contributed by atoms with Gasteiger partial charge in [-0.15, -0.1) is 10.2 Å². The van der Waals surface area contributed by atoms with Gasteiger partial charge in [0, 0.05) is 23.1 Å². The van der Waals surface area contributed by atoms with Gasteiger partial charge < -0.3 is 15.0 Å². The molecular weight excluding hydrogens is 463 g/mol. The number of carbonyl (C=O) groups excluding carboxylic acids is 1. The molecule has 160 valence electrons. The van der Waals surface area contributed by atoms with Crippen LogP contribution in [0.4, 0.5) is 15.9 Å². The molecule has 1 aromatic heterocycles. The lowest BCUT2D eigenvalue weighted by atomic mass is 9.97. The molecular formula is C23H22BrFN4O2. The molecule has 1 atom stereocenters. The van der Waals surface area contributed by atoms with E-state index in [0.29, 0.717) is 16.8 Å². The van der Waals surface area contributed by atoms with E-state index in [0.717, 1.165) is 36.4 Å². The highest BCUT2D eigenvalue weighted by atomic mass is 79.9. The standard InChI is InChI=1S/C23H22BrFN4O2/c1-31-21-7-3-2-6-17(21)19-10-11-22(28-27-19)29-12-4-5-15(14-29)23(30)26-20-9-8-16(24)13-18(20)25/h2-3,6-11,13,15H,4-5,12,14H2,1H3,(H,26,30). The second kappa shape index (κ2) is 9.43. The number of rotatable bonds is 5. The fourth-order valence-electron chi connectivity index (χ4n) is 3.72. The molecule has 4 rings (SSSR count). The molecule has 0 spiro atoms. The molecule has 1 saturated heterocycles. The summed E-state index contributed by atoms with van der Waals surface area (Å²) in [5, 5.41) is 11.5. The minimum absolute atomic E-state index is 0.186. The van der Waals surface area contributed by atoms with E-state index in [1.807, 2.05) is 41.3 Å². The van der Waals surface area contributed by atoms with Crippen molar-refractivity contribution in [2.45, 2.75) is 12.8 Å². The lowest BCUT2D eigenvalue weighted by molar-refractivity contribution is -0.120. The van der Waals surface area contributed by atoms with Gasteiger partial charge in [-0.25, -0.2) is 4.39 Å². The van der Waals surface area contributed by atoms with Crippen LogP contribution in [0.2, 0.25) is 0 Å². The Bertz CT molecular complexity index is 1080. The third kappa shape index (κ3) is 4.85. The summed E-state index contributed by atoms with van der Waals surface area (Å²) in [6, 6.07) is 16.0. The molecule has 31 heavy (non-hydrogen) atoms. The molecule has 0 saturated carbocycles. The van der Waals surface area contributed by atoms with Crippen molar-refractivity contribution >= 4 is 33.3 Å². The fourth-order valence-corrected chi connectivity index (χ4v) is 4.05. The molecule has 1 aliphatic heterocycles. The smallest absolute Gasteiger partial charge is 0.229 e. The van der Waals surface area contributed by atoms with E-state index in [1.165, 1.54) is 6.07 Å². The Balaban J connectivity index is 1.45. The van der Waals surface area contributed by atoms with Crippen molar-refractivity contribution in [1.82, 2.24) is 10.2 Å². The monoisotopic (exact) mass is 484 g/mol. The summed E-state index contributed by atoms with van der Waals surface area (Å²) in [7, 11) is 1.62. The minimum atomic E-state index is -0.465. The topological polar surface area (TPSA) is 67.3 Å². The Labute approximate surface area is 188 Å². The summed E-state index contributed by atoms with van der Waals surface area (Å²) in [6.45, 7) is 1.30. The highest BCUT2D eigenvalue weighted by Gasteiger charge is 2.27. The van der Waals surface area contributed by atoms with Crippen LogP contribution in [-0.2, 0) is 4.79 Å². The number of aromatic nitrogens is 2. The maximum absolute atomic E-state index is 14.1. The molecule has 1 fully saturated rings. The molecule has 3 aromatic rings. The molecule has 1 N–H and O–H groups in total. The van der Waals surface area contributed by atoms with Gasteiger partial charge in [0.15, 0.2) is 5.82 Å². The van der Waals surface area contributed by atoms with E-state index >= 15 is 0 Å². The van der Waals surface area contributed by atoms with Crippen molar-refractivity contribution in [3.8, 4) is 17.0 Å². The SMILES string of the molecule is COc1ccccc1-c1ccc(N2CCCC(C(=O)Nc3ccc(Br)cc3F)C2)nn1. The quantitative estimate of drug-likeness (QED) is 0.557. The first-order chi connectivity index (χ1) is 15.0. The number of halogens is 2. The summed E-state index contributed by atoms with van der Waals surface area (Å²) < 4.78 is 20.1. The van der Waals surface area contributed by atoms with E-state index in [4.69, 9.17) is 4.74 Å². The predicted molar refractivity (Wildman–Crippen MR) is 122 cm³/mol. The van der Waals surface area contributed by atoms with Gasteiger partial charge in [-0.2, -0.15) is 0 Å². The molecule has 0 aliphatic carbocycles. The van der Waals surface area contributed by atoms with Crippen molar-refractivity contribution in [2.24, 2.45) is 5.92 Å². The van der Waals surface area contributed by atoms with Crippen molar-refractivity contribution in [1.29, 1.82) is 0 Å². The van der Waals surface area contributed by atoms with Crippen LogP contribution in [-0.4, -0.2) is 36.3 Å². The molecule has 0 bridgehead atoms. The Morgan fingerprint density at radius 3 is 2.77 bits per heavy atom. The van der Waals surface area contributed by atoms with Gasteiger partial charge in [0.05, 0.1) is 24.4 Å². The summed E-state index contributed by atoms with van der Waals surface area (Å²) >= 11 is 3.22. The average molecular weight is 485 g/mol. The summed E-state index contributed by atoms with van der Waals surface area (Å²) in [5.74, 6) is 0.538. The van der Waals surface area contributed by atoms with Gasteiger partial charge in [-0.1, -0.05) is 28.1 Å². The highest BCUT2D eigenvalue weighted by Crippen LogP contribution is 2.29. The number of methoxy groups -OCH3 is 1. The zero-order chi connectivity index (χ0) is 21.8. The number of amides is 1. The van der Waals surface area contributed by atoms with Crippen LogP contribution in [0.1, 0.15) is 12.8 Å². The zero-order valence-electron chi connectivity index (χ0n) is 17.0. The Hall–Kier alpha value is -3.00. The Kier molecular flexibility index (Phi) is 6.46. The van der Waals surface area contributed by atoms with E-state index in [2.05, 4.69) is 31.4 Å². The van der Waals surface area contributed by atoms with Gasteiger partial charge in [-0.3, -0.25) is 4.79 Å². The van der Waals surface area contributed by atoms with Gasteiger partial charge in [0.1, 0.15) is 11.6 Å². The third-order valence-corrected chi connectivity index (χ3v) is 5.83.